The molecule has 0 atom stereocenters. The Morgan fingerprint density at radius 3 is 2.67 bits per heavy atom. The van der Waals surface area contributed by atoms with Gasteiger partial charge in [0, 0.05) is 0 Å². The molecular weight excluding hydrogens is 76.1 g/mol. The van der Waals surface area contributed by atoms with E-state index in [1.807, 2.05) is 7.05 Å². The molecule has 0 fully saturated rings. The van der Waals surface area contributed by atoms with E-state index in [1.165, 1.54) is 0 Å². The van der Waals surface area contributed by atoms with Crippen LogP contribution in [0.5, 0.6) is 0 Å². The lowest BCUT2D eigenvalue weighted by molar-refractivity contribution is 0.738. The highest BCUT2D eigenvalue weighted by Gasteiger charge is 1.62. The fourth-order valence-corrected chi connectivity index (χ4v) is 0.174. The second kappa shape index (κ2) is 4.50. The molecule has 0 aliphatic carbocycles. The first kappa shape index (κ1) is 5.50. The summed E-state index contributed by atoms with van der Waals surface area (Å²) in [6, 6.07) is 0. The average Bonchev–Trinajstić information content (AvgIpc) is 1.61. The van der Waals surface area contributed by atoms with Crippen molar-refractivity contribution >= 4 is 0 Å². The van der Waals surface area contributed by atoms with E-state index in [2.05, 4.69) is 17.2 Å². The van der Waals surface area contributed by atoms with Crippen molar-refractivity contribution in [1.29, 1.82) is 0 Å². The topological polar surface area (TPSA) is 24.1 Å². The lowest BCUT2D eigenvalue weighted by Crippen LogP contribution is -2.20. The predicted octanol–water partition coefficient (Wildman–Crippen LogP) is -0.104. The first-order valence-electron chi connectivity index (χ1n) is 1.90. The maximum Gasteiger partial charge on any atom is 0.0645 e. The quantitative estimate of drug-likeness (QED) is 0.370. The van der Waals surface area contributed by atoms with Gasteiger partial charge in [-0.1, -0.05) is 6.58 Å². The van der Waals surface area contributed by atoms with E-state index in [9.17, 15) is 0 Å². The van der Waals surface area contributed by atoms with Gasteiger partial charge in [0.1, 0.15) is 0 Å². The highest BCUT2D eigenvalue weighted by atomic mass is 15.0. The summed E-state index contributed by atoms with van der Waals surface area (Å²) < 4.78 is 0. The summed E-state index contributed by atoms with van der Waals surface area (Å²) in [4.78, 5) is 0. The molecule has 0 aliphatic rings. The molecule has 2 nitrogen and oxygen atoms in total. The van der Waals surface area contributed by atoms with Crippen LogP contribution in [-0.2, 0) is 0 Å². The molecule has 2 N–H and O–H groups in total. The summed E-state index contributed by atoms with van der Waals surface area (Å²) in [5.41, 5.74) is 0. The molecule has 0 bridgehead atoms. The monoisotopic (exact) mass is 86.1 g/mol. The largest absolute Gasteiger partial charge is 0.379 e. The molecule has 0 saturated carbocycles. The number of hydrogen-bond donors (Lipinski definition) is 2. The van der Waals surface area contributed by atoms with Gasteiger partial charge in [0.15, 0.2) is 0 Å². The van der Waals surface area contributed by atoms with E-state index in [1.54, 1.807) is 6.20 Å². The van der Waals surface area contributed by atoms with Gasteiger partial charge in [-0.25, -0.2) is 0 Å². The van der Waals surface area contributed by atoms with Gasteiger partial charge in [-0.15, -0.1) is 0 Å². The molecule has 0 heterocycles. The molecule has 0 spiro atoms. The van der Waals surface area contributed by atoms with Gasteiger partial charge in [0.2, 0.25) is 0 Å². The van der Waals surface area contributed by atoms with Gasteiger partial charge in [0.25, 0.3) is 0 Å². The molecule has 6 heavy (non-hydrogen) atoms. The van der Waals surface area contributed by atoms with Gasteiger partial charge in [-0.2, -0.15) is 0 Å². The Morgan fingerprint density at radius 1 is 1.83 bits per heavy atom. The molecule has 0 aliphatic heterocycles. The lowest BCUT2D eigenvalue weighted by atomic mass is 10.9. The van der Waals surface area contributed by atoms with Crippen molar-refractivity contribution in [1.82, 2.24) is 10.6 Å². The number of hydrogen-bond acceptors (Lipinski definition) is 2. The third-order valence-electron chi connectivity index (χ3n) is 0.423. The van der Waals surface area contributed by atoms with Crippen molar-refractivity contribution in [2.75, 3.05) is 13.7 Å². The minimum Gasteiger partial charge on any atom is -0.379 e. The summed E-state index contributed by atoms with van der Waals surface area (Å²) in [5, 5.41) is 5.74. The van der Waals surface area contributed by atoms with Crippen LogP contribution in [0.1, 0.15) is 0 Å². The Kier molecular flexibility index (Phi) is 4.12. The van der Waals surface area contributed by atoms with Crippen LogP contribution in [0.15, 0.2) is 12.8 Å². The van der Waals surface area contributed by atoms with Crippen LogP contribution in [-0.4, -0.2) is 13.7 Å². The number of nitrogens with one attached hydrogen (secondary N) is 2. The molecule has 2 heteroatoms. The predicted molar refractivity (Wildman–Crippen MR) is 27.3 cm³/mol. The van der Waals surface area contributed by atoms with E-state index < -0.39 is 0 Å². The summed E-state index contributed by atoms with van der Waals surface area (Å²) in [7, 11) is 1.87. The smallest absolute Gasteiger partial charge is 0.0645 e. The average molecular weight is 86.1 g/mol. The summed E-state index contributed by atoms with van der Waals surface area (Å²) in [5.74, 6) is 0. The van der Waals surface area contributed by atoms with Crippen LogP contribution in [0.4, 0.5) is 0 Å². The minimum atomic E-state index is 0.795. The van der Waals surface area contributed by atoms with E-state index in [-0.39, 0.29) is 0 Å². The summed E-state index contributed by atoms with van der Waals surface area (Å²) in [6.45, 7) is 4.24. The zero-order valence-electron chi connectivity index (χ0n) is 3.99. The van der Waals surface area contributed by atoms with Crippen molar-refractivity contribution in [3.8, 4) is 0 Å². The van der Waals surface area contributed by atoms with Gasteiger partial charge < -0.3 is 10.6 Å². The Hall–Kier alpha value is -0.500. The third kappa shape index (κ3) is 3.50. The third-order valence-corrected chi connectivity index (χ3v) is 0.423. The molecule has 0 saturated heterocycles. The highest BCUT2D eigenvalue weighted by Crippen LogP contribution is 1.44. The Balaban J connectivity index is 2.49. The fraction of sp³-hybridized carbons (Fsp3) is 0.500. The van der Waals surface area contributed by atoms with Crippen LogP contribution in [0.25, 0.3) is 0 Å². The van der Waals surface area contributed by atoms with Crippen LogP contribution in [0.2, 0.25) is 0 Å². The van der Waals surface area contributed by atoms with Crippen LogP contribution < -0.4 is 10.6 Å². The van der Waals surface area contributed by atoms with Gasteiger partial charge in [0.05, 0.1) is 6.67 Å². The molecule has 0 unspecified atom stereocenters. The standard InChI is InChI=1S/C4H10N2/c1-3-6-4-5-2/h3,5-6H,1,4H2,2H3. The van der Waals surface area contributed by atoms with E-state index in [0.29, 0.717) is 0 Å². The maximum atomic E-state index is 3.45. The number of rotatable bonds is 3. The molecule has 0 amide bonds. The van der Waals surface area contributed by atoms with Crippen molar-refractivity contribution in [3.05, 3.63) is 12.8 Å². The maximum absolute atomic E-state index is 3.45. The zero-order valence-corrected chi connectivity index (χ0v) is 3.99. The molecule has 0 radical (unpaired) electrons. The molecule has 0 rings (SSSR count). The molecule has 36 valence electrons. The highest BCUT2D eigenvalue weighted by molar-refractivity contribution is 4.59. The minimum absolute atomic E-state index is 0.795. The van der Waals surface area contributed by atoms with Crippen molar-refractivity contribution in [2.45, 2.75) is 0 Å². The van der Waals surface area contributed by atoms with Crippen molar-refractivity contribution < 1.29 is 0 Å². The Labute approximate surface area is 38.2 Å². The first-order valence-corrected chi connectivity index (χ1v) is 1.90. The van der Waals surface area contributed by atoms with Crippen LogP contribution >= 0.6 is 0 Å². The zero-order chi connectivity index (χ0) is 4.83. The molecular formula is C4H10N2. The van der Waals surface area contributed by atoms with E-state index >= 15 is 0 Å². The second-order valence-electron chi connectivity index (χ2n) is 0.939. The molecule has 0 aromatic rings. The van der Waals surface area contributed by atoms with E-state index in [0.717, 1.165) is 6.67 Å². The molecule has 0 aromatic heterocycles. The summed E-state index contributed by atoms with van der Waals surface area (Å²) in [6.07, 6.45) is 1.65. The normalized spacial score (nSPS) is 7.50. The van der Waals surface area contributed by atoms with E-state index in [4.69, 9.17) is 0 Å². The molecule has 0 aromatic carbocycles. The lowest BCUT2D eigenvalue weighted by Gasteiger charge is -1.92. The van der Waals surface area contributed by atoms with Crippen molar-refractivity contribution in [2.24, 2.45) is 0 Å². The SMILES string of the molecule is C=CNCNC. The van der Waals surface area contributed by atoms with Gasteiger partial charge in [-0.05, 0) is 13.2 Å². The second-order valence-corrected chi connectivity index (χ2v) is 0.939. The fourth-order valence-electron chi connectivity index (χ4n) is 0.174. The van der Waals surface area contributed by atoms with Crippen LogP contribution in [0, 0.1) is 0 Å². The Morgan fingerprint density at radius 2 is 2.50 bits per heavy atom. The Bertz CT molecular complexity index is 34.5. The first-order chi connectivity index (χ1) is 2.91. The summed E-state index contributed by atoms with van der Waals surface area (Å²) >= 11 is 0. The van der Waals surface area contributed by atoms with Gasteiger partial charge >= 0.3 is 0 Å². The van der Waals surface area contributed by atoms with Gasteiger partial charge in [-0.3, -0.25) is 0 Å². The van der Waals surface area contributed by atoms with Crippen molar-refractivity contribution in [3.63, 3.8) is 0 Å². The van der Waals surface area contributed by atoms with Crippen LogP contribution in [0.3, 0.4) is 0 Å².